The van der Waals surface area contributed by atoms with Gasteiger partial charge in [-0.2, -0.15) is 0 Å². The Hall–Kier alpha value is -1.36. The van der Waals surface area contributed by atoms with Gasteiger partial charge in [0.2, 0.25) is 5.76 Å². The van der Waals surface area contributed by atoms with Crippen LogP contribution in [0.5, 0.6) is 0 Å². The summed E-state index contributed by atoms with van der Waals surface area (Å²) >= 11 is 0. The van der Waals surface area contributed by atoms with E-state index in [2.05, 4.69) is 5.16 Å². The van der Waals surface area contributed by atoms with Crippen LogP contribution in [-0.2, 0) is 0 Å². The zero-order valence-electron chi connectivity index (χ0n) is 8.56. The van der Waals surface area contributed by atoms with Crippen LogP contribution in [0, 0.1) is 5.92 Å². The highest BCUT2D eigenvalue weighted by molar-refractivity contribution is 5.91. The lowest BCUT2D eigenvalue weighted by atomic mass is 9.98. The second kappa shape index (κ2) is 4.44. The maximum atomic E-state index is 11.9. The molecule has 5 heteroatoms. The van der Waals surface area contributed by atoms with Crippen molar-refractivity contribution < 1.29 is 9.32 Å². The molecule has 1 unspecified atom stereocenters. The largest absolute Gasteiger partial charge is 0.351 e. The van der Waals surface area contributed by atoms with Crippen molar-refractivity contribution in [1.82, 2.24) is 10.1 Å². The third-order valence-corrected chi connectivity index (χ3v) is 2.79. The third-order valence-electron chi connectivity index (χ3n) is 2.79. The fourth-order valence-electron chi connectivity index (χ4n) is 1.92. The Bertz CT molecular complexity index is 323. The van der Waals surface area contributed by atoms with Gasteiger partial charge in [0.05, 0.1) is 6.20 Å². The van der Waals surface area contributed by atoms with E-state index >= 15 is 0 Å². The predicted molar refractivity (Wildman–Crippen MR) is 54.2 cm³/mol. The molecule has 0 bridgehead atoms. The van der Waals surface area contributed by atoms with Crippen molar-refractivity contribution in [3.8, 4) is 0 Å². The summed E-state index contributed by atoms with van der Waals surface area (Å²) < 4.78 is 4.84. The van der Waals surface area contributed by atoms with Gasteiger partial charge in [-0.05, 0) is 25.3 Å². The maximum Gasteiger partial charge on any atom is 0.292 e. The normalized spacial score (nSPS) is 21.7. The molecule has 15 heavy (non-hydrogen) atoms. The maximum absolute atomic E-state index is 11.9. The Labute approximate surface area is 88.2 Å². The molecule has 1 aromatic rings. The lowest BCUT2D eigenvalue weighted by Crippen LogP contribution is -2.41. The molecule has 82 valence electrons. The van der Waals surface area contributed by atoms with Gasteiger partial charge < -0.3 is 15.2 Å². The van der Waals surface area contributed by atoms with E-state index in [9.17, 15) is 4.79 Å². The molecule has 0 aliphatic carbocycles. The van der Waals surface area contributed by atoms with Crippen LogP contribution in [0.2, 0.25) is 0 Å². The number of rotatable bonds is 2. The molecule has 2 N–H and O–H groups in total. The van der Waals surface area contributed by atoms with Crippen molar-refractivity contribution >= 4 is 5.91 Å². The van der Waals surface area contributed by atoms with Crippen LogP contribution in [0.15, 0.2) is 16.8 Å². The minimum Gasteiger partial charge on any atom is -0.351 e. The second-order valence-electron chi connectivity index (χ2n) is 3.87. The van der Waals surface area contributed by atoms with E-state index < -0.39 is 0 Å². The topological polar surface area (TPSA) is 72.4 Å². The number of aromatic nitrogens is 1. The van der Waals surface area contributed by atoms with E-state index in [1.165, 1.54) is 6.20 Å². The molecule has 1 amide bonds. The van der Waals surface area contributed by atoms with Crippen molar-refractivity contribution in [2.75, 3.05) is 19.6 Å². The van der Waals surface area contributed by atoms with E-state index in [0.717, 1.165) is 25.9 Å². The molecule has 1 fully saturated rings. The summed E-state index contributed by atoms with van der Waals surface area (Å²) in [6.45, 7) is 2.16. The highest BCUT2D eigenvalue weighted by Gasteiger charge is 2.25. The third kappa shape index (κ3) is 2.18. The van der Waals surface area contributed by atoms with Crippen LogP contribution in [0.4, 0.5) is 0 Å². The molecule has 0 radical (unpaired) electrons. The molecular formula is C10H15N3O2. The molecule has 1 aliphatic heterocycles. The number of carbonyl (C=O) groups is 1. The summed E-state index contributed by atoms with van der Waals surface area (Å²) in [5.41, 5.74) is 5.61. The number of hydrogen-bond donors (Lipinski definition) is 1. The van der Waals surface area contributed by atoms with E-state index in [1.54, 1.807) is 11.0 Å². The molecular weight excluding hydrogens is 194 g/mol. The van der Waals surface area contributed by atoms with Gasteiger partial charge in [0.1, 0.15) is 0 Å². The summed E-state index contributed by atoms with van der Waals surface area (Å²) in [4.78, 5) is 13.7. The average molecular weight is 209 g/mol. The molecule has 5 nitrogen and oxygen atoms in total. The summed E-state index contributed by atoms with van der Waals surface area (Å²) in [7, 11) is 0. The standard InChI is InChI=1S/C10H15N3O2/c11-6-8-2-1-5-13(7-8)10(14)9-3-4-12-15-9/h3-4,8H,1-2,5-7,11H2. The second-order valence-corrected chi connectivity index (χ2v) is 3.87. The number of amides is 1. The fourth-order valence-corrected chi connectivity index (χ4v) is 1.92. The van der Waals surface area contributed by atoms with Crippen LogP contribution < -0.4 is 5.73 Å². The first-order chi connectivity index (χ1) is 7.31. The van der Waals surface area contributed by atoms with E-state index in [1.807, 2.05) is 0 Å². The van der Waals surface area contributed by atoms with Crippen molar-refractivity contribution in [1.29, 1.82) is 0 Å². The van der Waals surface area contributed by atoms with Crippen LogP contribution in [-0.4, -0.2) is 35.6 Å². The van der Waals surface area contributed by atoms with Crippen LogP contribution in [0.3, 0.4) is 0 Å². The average Bonchev–Trinajstić information content (AvgIpc) is 2.81. The van der Waals surface area contributed by atoms with Crippen LogP contribution in [0.1, 0.15) is 23.4 Å². The Morgan fingerprint density at radius 3 is 3.27 bits per heavy atom. The minimum atomic E-state index is -0.0781. The first-order valence-corrected chi connectivity index (χ1v) is 5.21. The molecule has 1 aromatic heterocycles. The summed E-state index contributed by atoms with van der Waals surface area (Å²) in [6.07, 6.45) is 3.61. The van der Waals surface area contributed by atoms with Gasteiger partial charge in [0.15, 0.2) is 0 Å². The smallest absolute Gasteiger partial charge is 0.292 e. The van der Waals surface area contributed by atoms with Crippen molar-refractivity contribution in [2.24, 2.45) is 11.7 Å². The Morgan fingerprint density at radius 2 is 2.60 bits per heavy atom. The molecule has 2 rings (SSSR count). The SMILES string of the molecule is NCC1CCCN(C(=O)c2ccno2)C1. The van der Waals surface area contributed by atoms with Crippen molar-refractivity contribution in [3.05, 3.63) is 18.0 Å². The number of piperidine rings is 1. The molecule has 1 saturated heterocycles. The van der Waals surface area contributed by atoms with Gasteiger partial charge in [-0.3, -0.25) is 4.79 Å². The first kappa shape index (κ1) is 10.2. The summed E-state index contributed by atoms with van der Waals surface area (Å²) in [5.74, 6) is 0.656. The van der Waals surface area contributed by atoms with Gasteiger partial charge in [-0.1, -0.05) is 5.16 Å². The predicted octanol–water partition coefficient (Wildman–Crippen LogP) is 0.486. The quantitative estimate of drug-likeness (QED) is 0.769. The minimum absolute atomic E-state index is 0.0781. The summed E-state index contributed by atoms with van der Waals surface area (Å²) in [5, 5.41) is 3.53. The number of likely N-dealkylation sites (tertiary alicyclic amines) is 1. The van der Waals surface area contributed by atoms with E-state index in [4.69, 9.17) is 10.3 Å². The van der Waals surface area contributed by atoms with Crippen molar-refractivity contribution in [2.45, 2.75) is 12.8 Å². The molecule has 0 saturated carbocycles. The van der Waals surface area contributed by atoms with Gasteiger partial charge in [-0.25, -0.2) is 0 Å². The van der Waals surface area contributed by atoms with Gasteiger partial charge in [0, 0.05) is 19.2 Å². The van der Waals surface area contributed by atoms with Gasteiger partial charge >= 0.3 is 0 Å². The Kier molecular flexibility index (Phi) is 3.01. The highest BCUT2D eigenvalue weighted by Crippen LogP contribution is 2.17. The number of carbonyl (C=O) groups excluding carboxylic acids is 1. The molecule has 0 spiro atoms. The fraction of sp³-hybridized carbons (Fsp3) is 0.600. The molecule has 1 aliphatic rings. The van der Waals surface area contributed by atoms with Crippen LogP contribution in [0.25, 0.3) is 0 Å². The summed E-state index contributed by atoms with van der Waals surface area (Å²) in [6, 6.07) is 1.59. The monoisotopic (exact) mass is 209 g/mol. The number of nitrogens with two attached hydrogens (primary N) is 1. The van der Waals surface area contributed by atoms with Crippen molar-refractivity contribution in [3.63, 3.8) is 0 Å². The Balaban J connectivity index is 2.01. The lowest BCUT2D eigenvalue weighted by Gasteiger charge is -2.31. The molecule has 2 heterocycles. The zero-order valence-corrected chi connectivity index (χ0v) is 8.56. The van der Waals surface area contributed by atoms with E-state index in [0.29, 0.717) is 18.2 Å². The Morgan fingerprint density at radius 1 is 1.73 bits per heavy atom. The highest BCUT2D eigenvalue weighted by atomic mass is 16.5. The van der Waals surface area contributed by atoms with Crippen LogP contribution >= 0.6 is 0 Å². The lowest BCUT2D eigenvalue weighted by molar-refractivity contribution is 0.0636. The van der Waals surface area contributed by atoms with Gasteiger partial charge in [0.25, 0.3) is 5.91 Å². The number of nitrogens with zero attached hydrogens (tertiary/aromatic N) is 2. The molecule has 1 atom stereocenters. The van der Waals surface area contributed by atoms with Gasteiger partial charge in [-0.15, -0.1) is 0 Å². The zero-order chi connectivity index (χ0) is 10.7. The number of hydrogen-bond acceptors (Lipinski definition) is 4. The van der Waals surface area contributed by atoms with E-state index in [-0.39, 0.29) is 5.91 Å². The molecule has 0 aromatic carbocycles. The first-order valence-electron chi connectivity index (χ1n) is 5.21.